The van der Waals surface area contributed by atoms with Crippen molar-refractivity contribution in [2.75, 3.05) is 5.32 Å². The van der Waals surface area contributed by atoms with Crippen LogP contribution in [0.15, 0.2) is 42.5 Å². The molecule has 1 amide bonds. The van der Waals surface area contributed by atoms with Crippen molar-refractivity contribution in [1.82, 2.24) is 0 Å². The van der Waals surface area contributed by atoms with Crippen LogP contribution in [0.25, 0.3) is 0 Å². The van der Waals surface area contributed by atoms with Gasteiger partial charge in [0.15, 0.2) is 0 Å². The van der Waals surface area contributed by atoms with Gasteiger partial charge >= 0.3 is 5.97 Å². The van der Waals surface area contributed by atoms with E-state index in [9.17, 15) is 18.4 Å². The van der Waals surface area contributed by atoms with Crippen LogP contribution in [0.4, 0.5) is 14.5 Å². The van der Waals surface area contributed by atoms with Gasteiger partial charge in [-0.2, -0.15) is 0 Å². The predicted molar refractivity (Wildman–Crippen MR) is 67.7 cm³/mol. The minimum absolute atomic E-state index is 0.0901. The SMILES string of the molecule is O=C(O)c1ccccc1C(=O)Nc1cc(F)cc(F)c1. The molecule has 0 unspecified atom stereocenters. The molecule has 0 heterocycles. The molecular formula is C14H9F2NO3. The first kappa shape index (κ1) is 13.7. The summed E-state index contributed by atoms with van der Waals surface area (Å²) in [6, 6.07) is 8.09. The molecule has 0 aliphatic heterocycles. The van der Waals surface area contributed by atoms with Gasteiger partial charge in [0.1, 0.15) is 11.6 Å². The second kappa shape index (κ2) is 5.48. The Bertz CT molecular complexity index is 666. The average molecular weight is 277 g/mol. The van der Waals surface area contributed by atoms with Crippen molar-refractivity contribution in [1.29, 1.82) is 0 Å². The molecule has 0 fully saturated rings. The molecule has 0 radical (unpaired) electrons. The molecular weight excluding hydrogens is 268 g/mol. The van der Waals surface area contributed by atoms with E-state index in [0.717, 1.165) is 12.1 Å². The summed E-state index contributed by atoms with van der Waals surface area (Å²) in [6.07, 6.45) is 0. The normalized spacial score (nSPS) is 10.1. The summed E-state index contributed by atoms with van der Waals surface area (Å²) in [5, 5.41) is 11.2. The Morgan fingerprint density at radius 1 is 0.950 bits per heavy atom. The lowest BCUT2D eigenvalue weighted by atomic mass is 10.1. The molecule has 0 spiro atoms. The summed E-state index contributed by atoms with van der Waals surface area (Å²) in [4.78, 5) is 22.9. The Kier molecular flexibility index (Phi) is 3.74. The van der Waals surface area contributed by atoms with Gasteiger partial charge in [0.05, 0.1) is 11.1 Å². The standard InChI is InChI=1S/C14H9F2NO3/c15-8-5-9(16)7-10(6-8)17-13(18)11-3-1-2-4-12(11)14(19)20/h1-7H,(H,17,18)(H,19,20). The van der Waals surface area contributed by atoms with E-state index < -0.39 is 23.5 Å². The highest BCUT2D eigenvalue weighted by Crippen LogP contribution is 2.16. The molecule has 0 aliphatic rings. The fourth-order valence-electron chi connectivity index (χ4n) is 1.69. The predicted octanol–water partition coefficient (Wildman–Crippen LogP) is 2.92. The third kappa shape index (κ3) is 2.97. The van der Waals surface area contributed by atoms with Crippen LogP contribution >= 0.6 is 0 Å². The van der Waals surface area contributed by atoms with Crippen LogP contribution in [0.5, 0.6) is 0 Å². The van der Waals surface area contributed by atoms with Gasteiger partial charge in [0.25, 0.3) is 5.91 Å². The number of hydrogen-bond donors (Lipinski definition) is 2. The molecule has 0 saturated heterocycles. The second-order valence-corrected chi connectivity index (χ2v) is 3.96. The first-order valence-corrected chi connectivity index (χ1v) is 5.57. The fraction of sp³-hybridized carbons (Fsp3) is 0. The number of rotatable bonds is 3. The van der Waals surface area contributed by atoms with Crippen LogP contribution in [0.1, 0.15) is 20.7 Å². The van der Waals surface area contributed by atoms with Crippen LogP contribution in [-0.2, 0) is 0 Å². The zero-order valence-electron chi connectivity index (χ0n) is 10.1. The van der Waals surface area contributed by atoms with E-state index in [1.54, 1.807) is 0 Å². The van der Waals surface area contributed by atoms with Crippen LogP contribution in [0, 0.1) is 11.6 Å². The summed E-state index contributed by atoms with van der Waals surface area (Å²) in [6.45, 7) is 0. The number of amides is 1. The van der Waals surface area contributed by atoms with Gasteiger partial charge in [-0.3, -0.25) is 4.79 Å². The molecule has 6 heteroatoms. The molecule has 0 aliphatic carbocycles. The lowest BCUT2D eigenvalue weighted by Gasteiger charge is -2.08. The number of anilines is 1. The summed E-state index contributed by atoms with van der Waals surface area (Å²) < 4.78 is 26.0. The third-order valence-electron chi connectivity index (χ3n) is 2.52. The zero-order chi connectivity index (χ0) is 14.7. The molecule has 2 N–H and O–H groups in total. The lowest BCUT2D eigenvalue weighted by Crippen LogP contribution is -2.16. The monoisotopic (exact) mass is 277 g/mol. The maximum atomic E-state index is 13.0. The van der Waals surface area contributed by atoms with Crippen LogP contribution in [0.3, 0.4) is 0 Å². The Morgan fingerprint density at radius 3 is 2.05 bits per heavy atom. The second-order valence-electron chi connectivity index (χ2n) is 3.96. The maximum Gasteiger partial charge on any atom is 0.336 e. The Balaban J connectivity index is 2.31. The highest BCUT2D eigenvalue weighted by atomic mass is 19.1. The van der Waals surface area contributed by atoms with E-state index in [1.165, 1.54) is 24.3 Å². The van der Waals surface area contributed by atoms with Crippen LogP contribution in [-0.4, -0.2) is 17.0 Å². The minimum Gasteiger partial charge on any atom is -0.478 e. The van der Waals surface area contributed by atoms with Gasteiger partial charge in [0, 0.05) is 11.8 Å². The fourth-order valence-corrected chi connectivity index (χ4v) is 1.69. The van der Waals surface area contributed by atoms with Crippen molar-refractivity contribution in [2.24, 2.45) is 0 Å². The Hall–Kier alpha value is -2.76. The van der Waals surface area contributed by atoms with Crippen molar-refractivity contribution in [3.05, 3.63) is 65.2 Å². The molecule has 102 valence electrons. The molecule has 2 rings (SSSR count). The number of carboxylic acid groups (broad SMARTS) is 1. The maximum absolute atomic E-state index is 13.0. The lowest BCUT2D eigenvalue weighted by molar-refractivity contribution is 0.0692. The van der Waals surface area contributed by atoms with Crippen molar-refractivity contribution in [3.8, 4) is 0 Å². The average Bonchev–Trinajstić information content (AvgIpc) is 2.37. The van der Waals surface area contributed by atoms with Crippen LogP contribution < -0.4 is 5.32 Å². The van der Waals surface area contributed by atoms with E-state index >= 15 is 0 Å². The molecule has 0 atom stereocenters. The van der Waals surface area contributed by atoms with Crippen molar-refractivity contribution >= 4 is 17.6 Å². The zero-order valence-corrected chi connectivity index (χ0v) is 10.1. The number of benzene rings is 2. The molecule has 20 heavy (non-hydrogen) atoms. The minimum atomic E-state index is -1.26. The molecule has 4 nitrogen and oxygen atoms in total. The molecule has 0 saturated carbocycles. The highest BCUT2D eigenvalue weighted by Gasteiger charge is 2.16. The Morgan fingerprint density at radius 2 is 1.50 bits per heavy atom. The number of carbonyl (C=O) groups is 2. The summed E-state index contributed by atoms with van der Waals surface area (Å²) in [5.74, 6) is -3.70. The van der Waals surface area contributed by atoms with E-state index in [4.69, 9.17) is 5.11 Å². The molecule has 0 aromatic heterocycles. The van der Waals surface area contributed by atoms with Crippen molar-refractivity contribution in [3.63, 3.8) is 0 Å². The quantitative estimate of drug-likeness (QED) is 0.906. The number of carboxylic acids is 1. The highest BCUT2D eigenvalue weighted by molar-refractivity contribution is 6.10. The first-order chi connectivity index (χ1) is 9.47. The van der Waals surface area contributed by atoms with E-state index in [1.807, 2.05) is 0 Å². The molecule has 2 aromatic rings. The largest absolute Gasteiger partial charge is 0.478 e. The van der Waals surface area contributed by atoms with Gasteiger partial charge in [-0.05, 0) is 24.3 Å². The van der Waals surface area contributed by atoms with Gasteiger partial charge in [-0.25, -0.2) is 13.6 Å². The van der Waals surface area contributed by atoms with E-state index in [2.05, 4.69) is 5.32 Å². The molecule has 2 aromatic carbocycles. The van der Waals surface area contributed by atoms with Crippen molar-refractivity contribution < 1.29 is 23.5 Å². The van der Waals surface area contributed by atoms with Gasteiger partial charge in [-0.1, -0.05) is 12.1 Å². The van der Waals surface area contributed by atoms with E-state index in [-0.39, 0.29) is 16.8 Å². The van der Waals surface area contributed by atoms with Gasteiger partial charge in [-0.15, -0.1) is 0 Å². The third-order valence-corrected chi connectivity index (χ3v) is 2.52. The van der Waals surface area contributed by atoms with Crippen LogP contribution in [0.2, 0.25) is 0 Å². The topological polar surface area (TPSA) is 66.4 Å². The van der Waals surface area contributed by atoms with Gasteiger partial charge < -0.3 is 10.4 Å². The summed E-state index contributed by atoms with van der Waals surface area (Å²) in [5.41, 5.74) is -0.376. The molecule has 0 bridgehead atoms. The number of halogens is 2. The first-order valence-electron chi connectivity index (χ1n) is 5.57. The van der Waals surface area contributed by atoms with E-state index in [0.29, 0.717) is 6.07 Å². The number of hydrogen-bond acceptors (Lipinski definition) is 2. The summed E-state index contributed by atoms with van der Waals surface area (Å²) in [7, 11) is 0. The van der Waals surface area contributed by atoms with Crippen molar-refractivity contribution in [2.45, 2.75) is 0 Å². The van der Waals surface area contributed by atoms with Gasteiger partial charge in [0.2, 0.25) is 0 Å². The Labute approximate surface area is 112 Å². The number of carbonyl (C=O) groups excluding carboxylic acids is 1. The number of aromatic carboxylic acids is 1. The number of nitrogens with one attached hydrogen (secondary N) is 1. The summed E-state index contributed by atoms with van der Waals surface area (Å²) >= 11 is 0. The smallest absolute Gasteiger partial charge is 0.336 e.